The molecular formula is C20H17Cl2N3O2S. The lowest BCUT2D eigenvalue weighted by Crippen LogP contribution is -2.25. The van der Waals surface area contributed by atoms with Crippen molar-refractivity contribution in [1.29, 1.82) is 0 Å². The van der Waals surface area contributed by atoms with Crippen molar-refractivity contribution in [3.8, 4) is 11.3 Å². The van der Waals surface area contributed by atoms with Gasteiger partial charge < -0.3 is 9.40 Å². The van der Waals surface area contributed by atoms with Crippen LogP contribution in [0.4, 0.5) is 0 Å². The first kappa shape index (κ1) is 19.2. The first-order valence-corrected chi connectivity index (χ1v) is 10.3. The molecule has 1 aromatic carbocycles. The summed E-state index contributed by atoms with van der Waals surface area (Å²) in [6, 6.07) is 9.11. The zero-order chi connectivity index (χ0) is 19.8. The van der Waals surface area contributed by atoms with Crippen molar-refractivity contribution in [3.63, 3.8) is 0 Å². The van der Waals surface area contributed by atoms with Gasteiger partial charge in [0, 0.05) is 17.5 Å². The van der Waals surface area contributed by atoms with E-state index in [2.05, 4.69) is 9.88 Å². The lowest BCUT2D eigenvalue weighted by Gasteiger charge is -2.24. The van der Waals surface area contributed by atoms with Gasteiger partial charge in [-0.15, -0.1) is 11.3 Å². The van der Waals surface area contributed by atoms with Crippen LogP contribution in [0, 0.1) is 0 Å². The third-order valence-electron chi connectivity index (χ3n) is 4.72. The van der Waals surface area contributed by atoms with Gasteiger partial charge in [0.25, 0.3) is 5.56 Å². The number of benzene rings is 1. The fraction of sp³-hybridized carbons (Fsp3) is 0.200. The normalized spacial score (nSPS) is 12.8. The van der Waals surface area contributed by atoms with Crippen LogP contribution in [0.3, 0.4) is 0 Å². The van der Waals surface area contributed by atoms with E-state index < -0.39 is 0 Å². The van der Waals surface area contributed by atoms with Crippen LogP contribution in [-0.4, -0.2) is 21.9 Å². The number of furan rings is 1. The van der Waals surface area contributed by atoms with Crippen LogP contribution in [0.15, 0.2) is 51.2 Å². The molecule has 1 atom stereocenters. The maximum Gasteiger partial charge on any atom is 0.260 e. The summed E-state index contributed by atoms with van der Waals surface area (Å²) in [4.78, 5) is 23.2. The molecule has 8 heteroatoms. The van der Waals surface area contributed by atoms with Crippen LogP contribution in [0.1, 0.15) is 24.4 Å². The molecule has 3 heterocycles. The van der Waals surface area contributed by atoms with Crippen LogP contribution in [0.5, 0.6) is 0 Å². The SMILES string of the molecule is C[C@H](c1nc2scc(-c3ccco3)c2c(=O)[nH]1)N(C)Cc1ccc(Cl)c(Cl)c1. The molecule has 0 unspecified atom stereocenters. The smallest absolute Gasteiger partial charge is 0.260 e. The highest BCUT2D eigenvalue weighted by molar-refractivity contribution is 7.17. The molecule has 0 aliphatic rings. The fourth-order valence-corrected chi connectivity index (χ4v) is 4.30. The highest BCUT2D eigenvalue weighted by atomic mass is 35.5. The summed E-state index contributed by atoms with van der Waals surface area (Å²) in [6.45, 7) is 2.64. The van der Waals surface area contributed by atoms with E-state index in [0.717, 1.165) is 11.1 Å². The summed E-state index contributed by atoms with van der Waals surface area (Å²) in [6.07, 6.45) is 1.59. The van der Waals surface area contributed by atoms with E-state index in [1.54, 1.807) is 18.4 Å². The molecule has 5 nitrogen and oxygen atoms in total. The summed E-state index contributed by atoms with van der Waals surface area (Å²) in [5, 5.41) is 3.52. The van der Waals surface area contributed by atoms with E-state index in [4.69, 9.17) is 32.6 Å². The average Bonchev–Trinajstić information content (AvgIpc) is 3.33. The van der Waals surface area contributed by atoms with Crippen LogP contribution >= 0.6 is 34.5 Å². The van der Waals surface area contributed by atoms with E-state index in [0.29, 0.717) is 38.4 Å². The average molecular weight is 434 g/mol. The number of H-pyrrole nitrogens is 1. The van der Waals surface area contributed by atoms with Gasteiger partial charge in [-0.2, -0.15) is 0 Å². The van der Waals surface area contributed by atoms with Crippen LogP contribution < -0.4 is 5.56 Å². The summed E-state index contributed by atoms with van der Waals surface area (Å²) in [5.41, 5.74) is 1.63. The number of hydrogen-bond acceptors (Lipinski definition) is 5. The summed E-state index contributed by atoms with van der Waals surface area (Å²) >= 11 is 13.5. The summed E-state index contributed by atoms with van der Waals surface area (Å²) < 4.78 is 5.44. The zero-order valence-electron chi connectivity index (χ0n) is 15.2. The predicted molar refractivity (Wildman–Crippen MR) is 114 cm³/mol. The second-order valence-electron chi connectivity index (χ2n) is 6.60. The topological polar surface area (TPSA) is 62.1 Å². The molecule has 0 radical (unpaired) electrons. The highest BCUT2D eigenvalue weighted by Gasteiger charge is 2.19. The molecule has 4 rings (SSSR count). The number of rotatable bonds is 5. The van der Waals surface area contributed by atoms with Gasteiger partial charge in [-0.1, -0.05) is 29.3 Å². The van der Waals surface area contributed by atoms with Gasteiger partial charge in [-0.3, -0.25) is 9.69 Å². The van der Waals surface area contributed by atoms with E-state index in [1.807, 2.05) is 37.6 Å². The molecule has 4 aromatic rings. The molecular weight excluding hydrogens is 417 g/mol. The standard InChI is InChI=1S/C20H17Cl2N3O2S/c1-11(25(2)9-12-5-6-14(21)15(22)8-12)18-23-19(26)17-13(10-28-20(17)24-18)16-4-3-7-27-16/h3-8,10-11H,9H2,1-2H3,(H,23,24,26)/t11-/m1/s1. The molecule has 3 aromatic heterocycles. The van der Waals surface area contributed by atoms with Gasteiger partial charge in [0.1, 0.15) is 16.4 Å². The van der Waals surface area contributed by atoms with Crippen molar-refractivity contribution in [2.24, 2.45) is 0 Å². The Morgan fingerprint density at radius 1 is 1.29 bits per heavy atom. The molecule has 0 aliphatic heterocycles. The van der Waals surface area contributed by atoms with Gasteiger partial charge in [-0.05, 0) is 43.8 Å². The number of nitrogens with one attached hydrogen (secondary N) is 1. The zero-order valence-corrected chi connectivity index (χ0v) is 17.5. The lowest BCUT2D eigenvalue weighted by molar-refractivity contribution is 0.244. The number of nitrogens with zero attached hydrogens (tertiary/aromatic N) is 2. The van der Waals surface area contributed by atoms with Gasteiger partial charge in [0.05, 0.1) is 27.7 Å². The first-order chi connectivity index (χ1) is 13.4. The lowest BCUT2D eigenvalue weighted by atomic mass is 10.1. The second-order valence-corrected chi connectivity index (χ2v) is 8.27. The summed E-state index contributed by atoms with van der Waals surface area (Å²) in [5.74, 6) is 1.28. The van der Waals surface area contributed by atoms with E-state index in [9.17, 15) is 4.79 Å². The quantitative estimate of drug-likeness (QED) is 0.435. The molecule has 0 bridgehead atoms. The fourth-order valence-electron chi connectivity index (χ4n) is 3.05. The molecule has 1 N–H and O–H groups in total. The molecule has 0 spiro atoms. The molecule has 0 fully saturated rings. The number of aromatic nitrogens is 2. The van der Waals surface area contributed by atoms with Crippen LogP contribution in [0.25, 0.3) is 21.5 Å². The maximum atomic E-state index is 12.8. The van der Waals surface area contributed by atoms with Crippen molar-refractivity contribution < 1.29 is 4.42 Å². The van der Waals surface area contributed by atoms with Crippen LogP contribution in [-0.2, 0) is 6.54 Å². The number of aromatic amines is 1. The largest absolute Gasteiger partial charge is 0.464 e. The number of halogens is 2. The minimum absolute atomic E-state index is 0.0966. The van der Waals surface area contributed by atoms with Gasteiger partial charge in [0.15, 0.2) is 0 Å². The predicted octanol–water partition coefficient (Wildman–Crippen LogP) is 5.74. The van der Waals surface area contributed by atoms with Crippen molar-refractivity contribution in [1.82, 2.24) is 14.9 Å². The Morgan fingerprint density at radius 2 is 2.11 bits per heavy atom. The Hall–Kier alpha value is -2.12. The number of fused-ring (bicyclic) bond motifs is 1. The maximum absolute atomic E-state index is 12.8. The Kier molecular flexibility index (Phi) is 5.29. The van der Waals surface area contributed by atoms with E-state index in [1.165, 1.54) is 11.3 Å². The molecule has 0 amide bonds. The summed E-state index contributed by atoms with van der Waals surface area (Å²) in [7, 11) is 1.97. The van der Waals surface area contributed by atoms with Crippen molar-refractivity contribution in [2.45, 2.75) is 19.5 Å². The molecule has 0 saturated carbocycles. The Bertz CT molecular complexity index is 1180. The van der Waals surface area contributed by atoms with Crippen LogP contribution in [0.2, 0.25) is 10.0 Å². The molecule has 0 aliphatic carbocycles. The highest BCUT2D eigenvalue weighted by Crippen LogP contribution is 2.32. The van der Waals surface area contributed by atoms with Crippen molar-refractivity contribution in [3.05, 3.63) is 73.8 Å². The monoisotopic (exact) mass is 433 g/mol. The second kappa shape index (κ2) is 7.72. The van der Waals surface area contributed by atoms with E-state index >= 15 is 0 Å². The first-order valence-electron chi connectivity index (χ1n) is 8.63. The molecule has 28 heavy (non-hydrogen) atoms. The molecule has 0 saturated heterocycles. The minimum Gasteiger partial charge on any atom is -0.464 e. The van der Waals surface area contributed by atoms with E-state index in [-0.39, 0.29) is 11.6 Å². The Morgan fingerprint density at radius 3 is 2.82 bits per heavy atom. The van der Waals surface area contributed by atoms with Gasteiger partial charge in [-0.25, -0.2) is 4.98 Å². The van der Waals surface area contributed by atoms with Gasteiger partial charge in [0.2, 0.25) is 0 Å². The van der Waals surface area contributed by atoms with Crippen molar-refractivity contribution in [2.75, 3.05) is 7.05 Å². The molecule has 144 valence electrons. The minimum atomic E-state index is -0.164. The van der Waals surface area contributed by atoms with Crippen molar-refractivity contribution >= 4 is 44.8 Å². The number of hydrogen-bond donors (Lipinski definition) is 1. The Labute approximate surface area is 175 Å². The Balaban J connectivity index is 1.63. The number of thiophene rings is 1. The third kappa shape index (κ3) is 3.61. The van der Waals surface area contributed by atoms with Gasteiger partial charge >= 0.3 is 0 Å². The third-order valence-corrected chi connectivity index (χ3v) is 6.33.